The summed E-state index contributed by atoms with van der Waals surface area (Å²) in [4.78, 5) is 4.75. The van der Waals surface area contributed by atoms with Gasteiger partial charge in [-0.2, -0.15) is 0 Å². The number of aryl methyl sites for hydroxylation is 2. The molecule has 0 saturated carbocycles. The van der Waals surface area contributed by atoms with Gasteiger partial charge in [-0.25, -0.2) is 8.42 Å². The maximum atomic E-state index is 12.0. The molecular formula is C10H16N2O3S. The molecule has 1 aromatic carbocycles. The van der Waals surface area contributed by atoms with E-state index >= 15 is 0 Å². The molecule has 0 saturated heterocycles. The van der Waals surface area contributed by atoms with E-state index in [1.165, 1.54) is 14.2 Å². The molecular weight excluding hydrogens is 228 g/mol. The van der Waals surface area contributed by atoms with Crippen LogP contribution < -0.4 is 5.73 Å². The zero-order valence-corrected chi connectivity index (χ0v) is 10.6. The quantitative estimate of drug-likeness (QED) is 0.637. The highest BCUT2D eigenvalue weighted by atomic mass is 32.2. The summed E-state index contributed by atoms with van der Waals surface area (Å²) < 4.78 is 24.7. The first-order chi connectivity index (χ1) is 7.30. The van der Waals surface area contributed by atoms with Crippen LogP contribution in [0.25, 0.3) is 0 Å². The highest BCUT2D eigenvalue weighted by molar-refractivity contribution is 7.89. The molecule has 0 aromatic heterocycles. The number of nitrogen functional groups attached to an aromatic ring is 1. The van der Waals surface area contributed by atoms with Crippen molar-refractivity contribution in [3.8, 4) is 0 Å². The number of benzene rings is 1. The molecule has 0 amide bonds. The second-order valence-corrected chi connectivity index (χ2v) is 5.48. The van der Waals surface area contributed by atoms with Gasteiger partial charge in [0.1, 0.15) is 4.90 Å². The first-order valence-corrected chi connectivity index (χ1v) is 6.14. The monoisotopic (exact) mass is 244 g/mol. The molecule has 0 unspecified atom stereocenters. The molecule has 2 N–H and O–H groups in total. The maximum absolute atomic E-state index is 12.0. The van der Waals surface area contributed by atoms with Gasteiger partial charge in [0.15, 0.2) is 0 Å². The van der Waals surface area contributed by atoms with Gasteiger partial charge >= 0.3 is 0 Å². The molecule has 0 atom stereocenters. The Kier molecular flexibility index (Phi) is 3.57. The first kappa shape index (κ1) is 13.0. The summed E-state index contributed by atoms with van der Waals surface area (Å²) in [7, 11) is -1.06. The van der Waals surface area contributed by atoms with Crippen molar-refractivity contribution in [2.45, 2.75) is 18.7 Å². The minimum absolute atomic E-state index is 0.0694. The summed E-state index contributed by atoms with van der Waals surface area (Å²) in [5, 5.41) is 0. The standard InChI is InChI=1S/C10H16N2O3S/c1-7-5-9(11)10(6-8(7)2)16(13,14)12(3)15-4/h5-6H,11H2,1-4H3. The van der Waals surface area contributed by atoms with Crippen LogP contribution in [0.3, 0.4) is 0 Å². The Hall–Kier alpha value is -1.11. The number of hydrogen-bond donors (Lipinski definition) is 1. The van der Waals surface area contributed by atoms with Crippen molar-refractivity contribution < 1.29 is 13.3 Å². The Balaban J connectivity index is 3.40. The highest BCUT2D eigenvalue weighted by Gasteiger charge is 2.23. The van der Waals surface area contributed by atoms with Crippen LogP contribution in [-0.4, -0.2) is 27.0 Å². The number of sulfonamides is 1. The molecule has 0 fully saturated rings. The zero-order chi connectivity index (χ0) is 12.5. The molecule has 0 aliphatic rings. The van der Waals surface area contributed by atoms with E-state index in [1.807, 2.05) is 13.8 Å². The van der Waals surface area contributed by atoms with E-state index in [2.05, 4.69) is 4.84 Å². The summed E-state index contributed by atoms with van der Waals surface area (Å²) in [5.74, 6) is 0. The minimum atomic E-state index is -3.67. The topological polar surface area (TPSA) is 72.6 Å². The van der Waals surface area contributed by atoms with Crippen molar-refractivity contribution >= 4 is 15.7 Å². The Morgan fingerprint density at radius 3 is 2.25 bits per heavy atom. The van der Waals surface area contributed by atoms with Gasteiger partial charge in [-0.3, -0.25) is 4.84 Å². The van der Waals surface area contributed by atoms with E-state index in [4.69, 9.17) is 5.73 Å². The molecule has 90 valence electrons. The number of nitrogens with two attached hydrogens (primary N) is 1. The molecule has 16 heavy (non-hydrogen) atoms. The van der Waals surface area contributed by atoms with Crippen LogP contribution >= 0.6 is 0 Å². The molecule has 1 rings (SSSR count). The molecule has 0 aliphatic heterocycles. The van der Waals surface area contributed by atoms with Crippen molar-refractivity contribution in [2.24, 2.45) is 0 Å². The predicted molar refractivity (Wildman–Crippen MR) is 62.3 cm³/mol. The fraction of sp³-hybridized carbons (Fsp3) is 0.400. The van der Waals surface area contributed by atoms with Crippen LogP contribution in [0.5, 0.6) is 0 Å². The van der Waals surface area contributed by atoms with Gasteiger partial charge in [-0.15, -0.1) is 0 Å². The number of nitrogens with zero attached hydrogens (tertiary/aromatic N) is 1. The number of anilines is 1. The van der Waals surface area contributed by atoms with Gasteiger partial charge in [0, 0.05) is 7.05 Å². The van der Waals surface area contributed by atoms with E-state index in [0.29, 0.717) is 0 Å². The van der Waals surface area contributed by atoms with E-state index in [9.17, 15) is 8.42 Å². The summed E-state index contributed by atoms with van der Waals surface area (Å²) >= 11 is 0. The number of hydrogen-bond acceptors (Lipinski definition) is 4. The van der Waals surface area contributed by atoms with Crippen molar-refractivity contribution in [1.29, 1.82) is 0 Å². The first-order valence-electron chi connectivity index (χ1n) is 4.70. The van der Waals surface area contributed by atoms with E-state index in [-0.39, 0.29) is 10.6 Å². The van der Waals surface area contributed by atoms with Gasteiger partial charge in [-0.1, -0.05) is 4.47 Å². The van der Waals surface area contributed by atoms with Gasteiger partial charge < -0.3 is 5.73 Å². The Morgan fingerprint density at radius 2 is 1.75 bits per heavy atom. The zero-order valence-electron chi connectivity index (χ0n) is 9.81. The maximum Gasteiger partial charge on any atom is 0.266 e. The lowest BCUT2D eigenvalue weighted by atomic mass is 10.1. The third-order valence-electron chi connectivity index (χ3n) is 2.50. The van der Waals surface area contributed by atoms with Crippen LogP contribution in [0.1, 0.15) is 11.1 Å². The molecule has 5 nitrogen and oxygen atoms in total. The summed E-state index contributed by atoms with van der Waals surface area (Å²) in [6, 6.07) is 3.20. The average molecular weight is 244 g/mol. The van der Waals surface area contributed by atoms with Gasteiger partial charge in [0.2, 0.25) is 0 Å². The van der Waals surface area contributed by atoms with Crippen molar-refractivity contribution in [2.75, 3.05) is 19.9 Å². The Labute approximate surface area is 95.8 Å². The highest BCUT2D eigenvalue weighted by Crippen LogP contribution is 2.25. The van der Waals surface area contributed by atoms with Crippen molar-refractivity contribution in [1.82, 2.24) is 4.47 Å². The minimum Gasteiger partial charge on any atom is -0.398 e. The number of rotatable bonds is 3. The molecule has 0 radical (unpaired) electrons. The second-order valence-electron chi connectivity index (χ2n) is 3.57. The van der Waals surface area contributed by atoms with Crippen LogP contribution in [-0.2, 0) is 14.9 Å². The molecule has 0 bridgehead atoms. The molecule has 6 heteroatoms. The van der Waals surface area contributed by atoms with Crippen LogP contribution in [0.15, 0.2) is 17.0 Å². The lowest BCUT2D eigenvalue weighted by Gasteiger charge is -2.16. The van der Waals surface area contributed by atoms with Gasteiger partial charge in [0.25, 0.3) is 10.0 Å². The average Bonchev–Trinajstić information content (AvgIpc) is 2.21. The summed E-state index contributed by atoms with van der Waals surface area (Å²) in [6.07, 6.45) is 0. The van der Waals surface area contributed by atoms with Crippen molar-refractivity contribution in [3.05, 3.63) is 23.3 Å². The van der Waals surface area contributed by atoms with Crippen LogP contribution in [0.4, 0.5) is 5.69 Å². The van der Waals surface area contributed by atoms with Gasteiger partial charge in [-0.05, 0) is 37.1 Å². The smallest absolute Gasteiger partial charge is 0.266 e. The lowest BCUT2D eigenvalue weighted by Crippen LogP contribution is -2.26. The molecule has 0 aliphatic carbocycles. The Bertz CT molecular complexity index is 497. The Morgan fingerprint density at radius 1 is 1.25 bits per heavy atom. The normalized spacial score (nSPS) is 12.1. The summed E-state index contributed by atoms with van der Waals surface area (Å²) in [6.45, 7) is 3.71. The second kappa shape index (κ2) is 4.40. The largest absolute Gasteiger partial charge is 0.398 e. The lowest BCUT2D eigenvalue weighted by molar-refractivity contribution is -0.0258. The van der Waals surface area contributed by atoms with E-state index in [1.54, 1.807) is 12.1 Å². The molecule has 0 heterocycles. The third-order valence-corrected chi connectivity index (χ3v) is 4.24. The number of hydroxylamine groups is 1. The van der Waals surface area contributed by atoms with Crippen LogP contribution in [0, 0.1) is 13.8 Å². The SMILES string of the molecule is CON(C)S(=O)(=O)c1cc(C)c(C)cc1N. The summed E-state index contributed by atoms with van der Waals surface area (Å²) in [5.41, 5.74) is 7.76. The predicted octanol–water partition coefficient (Wildman–Crippen LogP) is 1.07. The fourth-order valence-corrected chi connectivity index (χ4v) is 2.43. The van der Waals surface area contributed by atoms with Gasteiger partial charge in [0.05, 0.1) is 12.8 Å². The third kappa shape index (κ3) is 2.18. The fourth-order valence-electron chi connectivity index (χ4n) is 1.27. The van der Waals surface area contributed by atoms with E-state index < -0.39 is 10.0 Å². The van der Waals surface area contributed by atoms with Crippen LogP contribution in [0.2, 0.25) is 0 Å². The molecule has 0 spiro atoms. The molecule has 1 aromatic rings. The van der Waals surface area contributed by atoms with Crippen molar-refractivity contribution in [3.63, 3.8) is 0 Å². The van der Waals surface area contributed by atoms with E-state index in [0.717, 1.165) is 15.6 Å².